The Kier molecular flexibility index (Phi) is 3.69. The molecule has 94 valence electrons. The molecule has 1 atom stereocenters. The highest BCUT2D eigenvalue weighted by Gasteiger charge is 2.17. The van der Waals surface area contributed by atoms with Crippen LogP contribution < -0.4 is 11.3 Å². The van der Waals surface area contributed by atoms with E-state index in [1.165, 1.54) is 12.1 Å². The van der Waals surface area contributed by atoms with Crippen molar-refractivity contribution in [3.05, 3.63) is 70.8 Å². The molecular weight excluding hydrogens is 234 g/mol. The van der Waals surface area contributed by atoms with Gasteiger partial charge in [0.2, 0.25) is 0 Å². The first kappa shape index (κ1) is 12.7. The molecule has 0 aromatic heterocycles. The molecule has 0 saturated carbocycles. The van der Waals surface area contributed by atoms with Gasteiger partial charge in [-0.05, 0) is 30.2 Å². The van der Waals surface area contributed by atoms with E-state index < -0.39 is 6.04 Å². The van der Waals surface area contributed by atoms with Crippen molar-refractivity contribution in [3.63, 3.8) is 0 Å². The number of hydrazine groups is 1. The minimum Gasteiger partial charge on any atom is -0.271 e. The molecule has 0 heterocycles. The van der Waals surface area contributed by atoms with Gasteiger partial charge in [-0.25, -0.2) is 14.2 Å². The Labute approximate surface area is 104 Å². The van der Waals surface area contributed by atoms with Crippen LogP contribution in [0.25, 0.3) is 0 Å². The van der Waals surface area contributed by atoms with E-state index in [1.807, 2.05) is 0 Å². The van der Waals surface area contributed by atoms with Crippen LogP contribution in [0.3, 0.4) is 0 Å². The van der Waals surface area contributed by atoms with Crippen LogP contribution in [-0.2, 0) is 0 Å². The van der Waals surface area contributed by atoms with Gasteiger partial charge in [-0.3, -0.25) is 5.84 Å². The zero-order valence-corrected chi connectivity index (χ0v) is 9.95. The molecule has 0 spiro atoms. The molecule has 0 saturated heterocycles. The number of aryl methyl sites for hydroxylation is 1. The van der Waals surface area contributed by atoms with Crippen molar-refractivity contribution in [2.75, 3.05) is 0 Å². The predicted octanol–water partition coefficient (Wildman–Crippen LogP) is 2.83. The van der Waals surface area contributed by atoms with Gasteiger partial charge in [0.1, 0.15) is 11.6 Å². The Morgan fingerprint density at radius 2 is 1.72 bits per heavy atom. The molecule has 0 aliphatic carbocycles. The highest BCUT2D eigenvalue weighted by molar-refractivity contribution is 5.35. The fourth-order valence-electron chi connectivity index (χ4n) is 1.91. The second kappa shape index (κ2) is 5.25. The predicted molar refractivity (Wildman–Crippen MR) is 66.7 cm³/mol. The number of hydrogen-bond donors (Lipinski definition) is 2. The highest BCUT2D eigenvalue weighted by Crippen LogP contribution is 2.25. The summed E-state index contributed by atoms with van der Waals surface area (Å²) < 4.78 is 26.9. The highest BCUT2D eigenvalue weighted by atomic mass is 19.1. The number of benzene rings is 2. The molecule has 2 aromatic rings. The second-order valence-electron chi connectivity index (χ2n) is 4.13. The van der Waals surface area contributed by atoms with E-state index in [4.69, 9.17) is 5.84 Å². The molecule has 0 amide bonds. The van der Waals surface area contributed by atoms with Crippen LogP contribution >= 0.6 is 0 Å². The molecule has 1 unspecified atom stereocenters. The average Bonchev–Trinajstić information content (AvgIpc) is 2.37. The summed E-state index contributed by atoms with van der Waals surface area (Å²) in [7, 11) is 0. The van der Waals surface area contributed by atoms with Crippen molar-refractivity contribution in [2.45, 2.75) is 13.0 Å². The molecule has 0 aliphatic heterocycles. The molecule has 2 rings (SSSR count). The monoisotopic (exact) mass is 248 g/mol. The zero-order chi connectivity index (χ0) is 13.1. The van der Waals surface area contributed by atoms with Crippen molar-refractivity contribution in [2.24, 2.45) is 5.84 Å². The number of nitrogens with one attached hydrogen (secondary N) is 1. The summed E-state index contributed by atoms with van der Waals surface area (Å²) in [6.07, 6.45) is 0. The van der Waals surface area contributed by atoms with Gasteiger partial charge < -0.3 is 0 Å². The summed E-state index contributed by atoms with van der Waals surface area (Å²) in [6, 6.07) is 10.4. The lowest BCUT2D eigenvalue weighted by atomic mass is 9.97. The van der Waals surface area contributed by atoms with E-state index in [0.29, 0.717) is 16.7 Å². The summed E-state index contributed by atoms with van der Waals surface area (Å²) in [6.45, 7) is 1.69. The van der Waals surface area contributed by atoms with Gasteiger partial charge in [0.15, 0.2) is 0 Å². The normalized spacial score (nSPS) is 12.4. The van der Waals surface area contributed by atoms with Gasteiger partial charge in [-0.15, -0.1) is 0 Å². The van der Waals surface area contributed by atoms with Crippen LogP contribution in [0, 0.1) is 18.6 Å². The molecular formula is C14H14F2N2. The number of hydrogen-bond acceptors (Lipinski definition) is 2. The first-order chi connectivity index (χ1) is 8.63. The van der Waals surface area contributed by atoms with Crippen LogP contribution in [-0.4, -0.2) is 0 Å². The third-order valence-electron chi connectivity index (χ3n) is 2.90. The minimum atomic E-state index is -0.495. The van der Waals surface area contributed by atoms with Crippen LogP contribution in [0.4, 0.5) is 8.78 Å². The third kappa shape index (κ3) is 2.39. The van der Waals surface area contributed by atoms with Crippen molar-refractivity contribution in [1.29, 1.82) is 0 Å². The third-order valence-corrected chi connectivity index (χ3v) is 2.90. The quantitative estimate of drug-likeness (QED) is 0.647. The fraction of sp³-hybridized carbons (Fsp3) is 0.143. The van der Waals surface area contributed by atoms with Gasteiger partial charge >= 0.3 is 0 Å². The molecule has 0 bridgehead atoms. The first-order valence-corrected chi connectivity index (χ1v) is 5.60. The molecule has 0 fully saturated rings. The number of nitrogens with two attached hydrogens (primary N) is 1. The van der Waals surface area contributed by atoms with Gasteiger partial charge in [0, 0.05) is 5.56 Å². The topological polar surface area (TPSA) is 38.0 Å². The maximum Gasteiger partial charge on any atom is 0.131 e. The van der Waals surface area contributed by atoms with Gasteiger partial charge in [0.25, 0.3) is 0 Å². The van der Waals surface area contributed by atoms with Gasteiger partial charge in [-0.1, -0.05) is 30.3 Å². The smallest absolute Gasteiger partial charge is 0.131 e. The summed E-state index contributed by atoms with van der Waals surface area (Å²) in [5.74, 6) is 4.85. The largest absolute Gasteiger partial charge is 0.271 e. The minimum absolute atomic E-state index is 0.301. The molecule has 3 N–H and O–H groups in total. The number of halogens is 2. The second-order valence-corrected chi connectivity index (χ2v) is 4.13. The van der Waals surface area contributed by atoms with Gasteiger partial charge in [0.05, 0.1) is 6.04 Å². The van der Waals surface area contributed by atoms with E-state index >= 15 is 0 Å². The molecule has 2 aromatic carbocycles. The average molecular weight is 248 g/mol. The maximum atomic E-state index is 14.0. The Morgan fingerprint density at radius 3 is 2.33 bits per heavy atom. The number of rotatable bonds is 3. The Bertz CT molecular complexity index is 538. The molecule has 2 nitrogen and oxygen atoms in total. The van der Waals surface area contributed by atoms with E-state index in [0.717, 1.165) is 0 Å². The van der Waals surface area contributed by atoms with Crippen LogP contribution in [0.1, 0.15) is 22.7 Å². The first-order valence-electron chi connectivity index (χ1n) is 5.60. The SMILES string of the molecule is Cc1cccc(C(NN)c2ccc(F)cc2)c1F. The standard InChI is InChI=1S/C14H14F2N2/c1-9-3-2-4-12(13(9)16)14(18-17)10-5-7-11(15)8-6-10/h2-8,14,18H,17H2,1H3. The van der Waals surface area contributed by atoms with E-state index in [-0.39, 0.29) is 11.6 Å². The lowest BCUT2D eigenvalue weighted by Gasteiger charge is -2.18. The fourth-order valence-corrected chi connectivity index (χ4v) is 1.91. The molecule has 0 aliphatic rings. The van der Waals surface area contributed by atoms with Crippen molar-refractivity contribution >= 4 is 0 Å². The molecule has 0 radical (unpaired) electrons. The van der Waals surface area contributed by atoms with Crippen LogP contribution in [0.15, 0.2) is 42.5 Å². The van der Waals surface area contributed by atoms with E-state index in [1.54, 1.807) is 37.3 Å². The summed E-state index contributed by atoms with van der Waals surface area (Å²) in [4.78, 5) is 0. The maximum absolute atomic E-state index is 14.0. The van der Waals surface area contributed by atoms with Crippen molar-refractivity contribution in [3.8, 4) is 0 Å². The summed E-state index contributed by atoms with van der Waals surface area (Å²) in [5.41, 5.74) is 4.27. The van der Waals surface area contributed by atoms with Crippen molar-refractivity contribution < 1.29 is 8.78 Å². The Morgan fingerprint density at radius 1 is 1.06 bits per heavy atom. The van der Waals surface area contributed by atoms with Crippen LogP contribution in [0.2, 0.25) is 0 Å². The molecule has 4 heteroatoms. The lowest BCUT2D eigenvalue weighted by molar-refractivity contribution is 0.553. The molecule has 18 heavy (non-hydrogen) atoms. The Balaban J connectivity index is 2.45. The van der Waals surface area contributed by atoms with E-state index in [9.17, 15) is 8.78 Å². The van der Waals surface area contributed by atoms with E-state index in [2.05, 4.69) is 5.43 Å². The summed E-state index contributed by atoms with van der Waals surface area (Å²) in [5, 5.41) is 0. The lowest BCUT2D eigenvalue weighted by Crippen LogP contribution is -2.29. The Hall–Kier alpha value is -1.78. The zero-order valence-electron chi connectivity index (χ0n) is 9.95. The van der Waals surface area contributed by atoms with Crippen molar-refractivity contribution in [1.82, 2.24) is 5.43 Å². The van der Waals surface area contributed by atoms with Gasteiger partial charge in [-0.2, -0.15) is 0 Å². The summed E-state index contributed by atoms with van der Waals surface area (Å²) >= 11 is 0. The van der Waals surface area contributed by atoms with Crippen LogP contribution in [0.5, 0.6) is 0 Å².